The van der Waals surface area contributed by atoms with E-state index in [0.717, 1.165) is 17.5 Å². The lowest BCUT2D eigenvalue weighted by atomic mass is 10.0. The topological polar surface area (TPSA) is 24.4 Å². The second-order valence-corrected chi connectivity index (χ2v) is 5.54. The fourth-order valence-electron chi connectivity index (χ4n) is 1.55. The van der Waals surface area contributed by atoms with Crippen LogP contribution in [0, 0.1) is 0 Å². The van der Waals surface area contributed by atoms with Crippen LogP contribution in [0.2, 0.25) is 0 Å². The van der Waals surface area contributed by atoms with Crippen LogP contribution < -0.4 is 5.32 Å². The van der Waals surface area contributed by atoms with Gasteiger partial charge < -0.3 is 5.32 Å². The van der Waals surface area contributed by atoms with Crippen molar-refractivity contribution in [2.24, 2.45) is 4.99 Å². The Morgan fingerprint density at radius 3 is 2.73 bits per heavy atom. The van der Waals surface area contributed by atoms with E-state index in [-0.39, 0.29) is 5.54 Å². The van der Waals surface area contributed by atoms with Crippen LogP contribution in [0.3, 0.4) is 0 Å². The highest BCUT2D eigenvalue weighted by Crippen LogP contribution is 2.25. The molecule has 0 aromatic carbocycles. The van der Waals surface area contributed by atoms with Crippen molar-refractivity contribution in [2.45, 2.75) is 58.4 Å². The molecule has 0 aliphatic carbocycles. The molecule has 1 aliphatic heterocycles. The molecule has 0 radical (unpaired) electrons. The standard InChI is InChI=1S/C12H24N2S/c1-4-6-7-8-9-13-11-14-12(3,5-2)10-15-11/h4-10H2,1-3H3,(H,13,14). The molecule has 0 bridgehead atoms. The monoisotopic (exact) mass is 228 g/mol. The van der Waals surface area contributed by atoms with Gasteiger partial charge in [0.2, 0.25) is 0 Å². The number of rotatable bonds is 6. The molecule has 88 valence electrons. The second-order valence-electron chi connectivity index (χ2n) is 4.58. The van der Waals surface area contributed by atoms with E-state index in [1.54, 1.807) is 0 Å². The lowest BCUT2D eigenvalue weighted by Crippen LogP contribution is -2.39. The first-order chi connectivity index (χ1) is 7.20. The quantitative estimate of drug-likeness (QED) is 0.704. The SMILES string of the molecule is CCCCCCN=C1NC(C)(CC)CS1. The lowest BCUT2D eigenvalue weighted by molar-refractivity contribution is 0.466. The predicted molar refractivity (Wildman–Crippen MR) is 70.7 cm³/mol. The number of amidine groups is 1. The third kappa shape index (κ3) is 4.45. The molecule has 1 fully saturated rings. The maximum Gasteiger partial charge on any atom is 0.157 e. The van der Waals surface area contributed by atoms with Crippen LogP contribution in [0.4, 0.5) is 0 Å². The zero-order chi connectivity index (χ0) is 11.1. The number of aliphatic imine (C=N–C) groups is 1. The van der Waals surface area contributed by atoms with Crippen molar-refractivity contribution in [3.8, 4) is 0 Å². The Morgan fingerprint density at radius 1 is 1.33 bits per heavy atom. The largest absolute Gasteiger partial charge is 0.359 e. The molecule has 0 aromatic rings. The molecule has 2 nitrogen and oxygen atoms in total. The van der Waals surface area contributed by atoms with Gasteiger partial charge in [-0.25, -0.2) is 0 Å². The number of thioether (sulfide) groups is 1. The van der Waals surface area contributed by atoms with Crippen LogP contribution in [-0.2, 0) is 0 Å². The number of unbranched alkanes of at least 4 members (excludes halogenated alkanes) is 3. The van der Waals surface area contributed by atoms with E-state index < -0.39 is 0 Å². The maximum absolute atomic E-state index is 4.61. The van der Waals surface area contributed by atoms with Crippen molar-refractivity contribution in [1.29, 1.82) is 0 Å². The van der Waals surface area contributed by atoms with Gasteiger partial charge in [-0.3, -0.25) is 4.99 Å². The maximum atomic E-state index is 4.61. The van der Waals surface area contributed by atoms with Crippen molar-refractivity contribution in [2.75, 3.05) is 12.3 Å². The molecule has 1 saturated heterocycles. The molecule has 1 N–H and O–H groups in total. The fourth-order valence-corrected chi connectivity index (χ4v) is 2.79. The van der Waals surface area contributed by atoms with Crippen molar-refractivity contribution < 1.29 is 0 Å². The molecule has 1 aliphatic rings. The van der Waals surface area contributed by atoms with Gasteiger partial charge in [-0.1, -0.05) is 44.9 Å². The Kier molecular flexibility index (Phi) is 5.51. The van der Waals surface area contributed by atoms with Gasteiger partial charge in [0.15, 0.2) is 5.17 Å². The van der Waals surface area contributed by atoms with Gasteiger partial charge in [0, 0.05) is 17.8 Å². The van der Waals surface area contributed by atoms with Crippen LogP contribution in [0.25, 0.3) is 0 Å². The average molecular weight is 228 g/mol. The average Bonchev–Trinajstić information content (AvgIpc) is 2.61. The number of nitrogens with one attached hydrogen (secondary N) is 1. The van der Waals surface area contributed by atoms with Gasteiger partial charge in [0.1, 0.15) is 0 Å². The Hall–Kier alpha value is -0.180. The molecular formula is C12H24N2S. The third-order valence-electron chi connectivity index (χ3n) is 2.98. The fraction of sp³-hybridized carbons (Fsp3) is 0.917. The predicted octanol–water partition coefficient (Wildman–Crippen LogP) is 3.43. The normalized spacial score (nSPS) is 28.3. The molecule has 15 heavy (non-hydrogen) atoms. The van der Waals surface area contributed by atoms with Crippen LogP contribution in [0.1, 0.15) is 52.9 Å². The van der Waals surface area contributed by atoms with Crippen LogP contribution >= 0.6 is 11.8 Å². The molecule has 0 saturated carbocycles. The minimum atomic E-state index is 0.285. The highest BCUT2D eigenvalue weighted by atomic mass is 32.2. The van der Waals surface area contributed by atoms with E-state index in [1.165, 1.54) is 32.1 Å². The van der Waals surface area contributed by atoms with Gasteiger partial charge >= 0.3 is 0 Å². The van der Waals surface area contributed by atoms with Gasteiger partial charge in [0.25, 0.3) is 0 Å². The summed E-state index contributed by atoms with van der Waals surface area (Å²) in [5.41, 5.74) is 0.285. The summed E-state index contributed by atoms with van der Waals surface area (Å²) in [5, 5.41) is 4.68. The third-order valence-corrected chi connectivity index (χ3v) is 4.27. The molecule has 0 spiro atoms. The van der Waals surface area contributed by atoms with Crippen molar-refractivity contribution in [3.63, 3.8) is 0 Å². The summed E-state index contributed by atoms with van der Waals surface area (Å²) < 4.78 is 0. The summed E-state index contributed by atoms with van der Waals surface area (Å²) in [6.45, 7) is 7.75. The van der Waals surface area contributed by atoms with Crippen molar-refractivity contribution in [3.05, 3.63) is 0 Å². The molecule has 3 heteroatoms. The summed E-state index contributed by atoms with van der Waals surface area (Å²) in [6.07, 6.45) is 6.38. The van der Waals surface area contributed by atoms with Crippen LogP contribution in [0.5, 0.6) is 0 Å². The number of hydrogen-bond donors (Lipinski definition) is 1. The molecule has 1 atom stereocenters. The Labute approximate surface area is 98.3 Å². The molecule has 1 heterocycles. The lowest BCUT2D eigenvalue weighted by Gasteiger charge is -2.20. The summed E-state index contributed by atoms with van der Waals surface area (Å²) >= 11 is 1.88. The van der Waals surface area contributed by atoms with Gasteiger partial charge in [-0.15, -0.1) is 0 Å². The summed E-state index contributed by atoms with van der Waals surface area (Å²) in [5.74, 6) is 1.16. The summed E-state index contributed by atoms with van der Waals surface area (Å²) in [4.78, 5) is 4.61. The van der Waals surface area contributed by atoms with E-state index in [9.17, 15) is 0 Å². The van der Waals surface area contributed by atoms with Crippen LogP contribution in [-0.4, -0.2) is 23.0 Å². The van der Waals surface area contributed by atoms with E-state index >= 15 is 0 Å². The zero-order valence-corrected chi connectivity index (χ0v) is 11.1. The van der Waals surface area contributed by atoms with Gasteiger partial charge in [-0.05, 0) is 19.8 Å². The van der Waals surface area contributed by atoms with Crippen LogP contribution in [0.15, 0.2) is 4.99 Å². The first-order valence-electron chi connectivity index (χ1n) is 6.15. The number of hydrogen-bond acceptors (Lipinski definition) is 2. The van der Waals surface area contributed by atoms with Gasteiger partial charge in [-0.2, -0.15) is 0 Å². The Balaban J connectivity index is 2.19. The van der Waals surface area contributed by atoms with E-state index in [4.69, 9.17) is 0 Å². The summed E-state index contributed by atoms with van der Waals surface area (Å²) in [6, 6.07) is 0. The first kappa shape index (κ1) is 12.9. The first-order valence-corrected chi connectivity index (χ1v) is 7.14. The number of nitrogens with zero attached hydrogens (tertiary/aromatic N) is 1. The summed E-state index contributed by atoms with van der Waals surface area (Å²) in [7, 11) is 0. The smallest absolute Gasteiger partial charge is 0.157 e. The Bertz CT molecular complexity index is 216. The van der Waals surface area contributed by atoms with E-state index in [1.807, 2.05) is 11.8 Å². The molecule has 1 unspecified atom stereocenters. The zero-order valence-electron chi connectivity index (χ0n) is 10.3. The molecular weight excluding hydrogens is 204 g/mol. The minimum Gasteiger partial charge on any atom is -0.359 e. The highest BCUT2D eigenvalue weighted by molar-refractivity contribution is 8.14. The molecule has 0 aromatic heterocycles. The van der Waals surface area contributed by atoms with E-state index in [2.05, 4.69) is 31.1 Å². The minimum absolute atomic E-state index is 0.285. The Morgan fingerprint density at radius 2 is 2.13 bits per heavy atom. The van der Waals surface area contributed by atoms with Crippen molar-refractivity contribution >= 4 is 16.9 Å². The highest BCUT2D eigenvalue weighted by Gasteiger charge is 2.30. The second kappa shape index (κ2) is 6.41. The molecule has 1 rings (SSSR count). The van der Waals surface area contributed by atoms with Crippen molar-refractivity contribution in [1.82, 2.24) is 5.32 Å². The molecule has 0 amide bonds. The van der Waals surface area contributed by atoms with E-state index in [0.29, 0.717) is 0 Å². The van der Waals surface area contributed by atoms with Gasteiger partial charge in [0.05, 0.1) is 0 Å².